The van der Waals surface area contributed by atoms with Crippen LogP contribution in [0.3, 0.4) is 0 Å². The maximum atomic E-state index is 11.2. The fourth-order valence-electron chi connectivity index (χ4n) is 1.03. The fourth-order valence-corrected chi connectivity index (χ4v) is 1.03. The zero-order valence-corrected chi connectivity index (χ0v) is 9.34. The van der Waals surface area contributed by atoms with E-state index in [2.05, 4.69) is 5.32 Å². The first-order valence-electron chi connectivity index (χ1n) is 5.08. The molecule has 0 heterocycles. The predicted molar refractivity (Wildman–Crippen MR) is 55.2 cm³/mol. The van der Waals surface area contributed by atoms with Gasteiger partial charge in [-0.2, -0.15) is 0 Å². The molecule has 0 fully saturated rings. The molecule has 14 heavy (non-hydrogen) atoms. The predicted octanol–water partition coefficient (Wildman–Crippen LogP) is 0.812. The molecular weight excluding hydrogens is 182 g/mol. The number of carbonyl (C=O) groups excluding carboxylic acids is 1. The van der Waals surface area contributed by atoms with Gasteiger partial charge >= 0.3 is 5.97 Å². The number of hydrogen-bond acceptors (Lipinski definition) is 4. The van der Waals surface area contributed by atoms with Crippen LogP contribution in [0.2, 0.25) is 0 Å². The van der Waals surface area contributed by atoms with Crippen molar-refractivity contribution < 1.29 is 14.3 Å². The van der Waals surface area contributed by atoms with Crippen molar-refractivity contribution in [3.05, 3.63) is 0 Å². The van der Waals surface area contributed by atoms with Gasteiger partial charge in [0.15, 0.2) is 0 Å². The minimum atomic E-state index is -0.133. The molecular formula is C10H21NO3. The van der Waals surface area contributed by atoms with E-state index in [4.69, 9.17) is 9.47 Å². The Morgan fingerprint density at radius 2 is 2.21 bits per heavy atom. The van der Waals surface area contributed by atoms with E-state index in [1.165, 1.54) is 0 Å². The summed E-state index contributed by atoms with van der Waals surface area (Å²) in [7, 11) is 1.68. The molecule has 0 aromatic rings. The lowest BCUT2D eigenvalue weighted by atomic mass is 10.2. The van der Waals surface area contributed by atoms with E-state index in [9.17, 15) is 4.79 Å². The van der Waals surface area contributed by atoms with Gasteiger partial charge in [-0.25, -0.2) is 0 Å². The molecule has 0 saturated heterocycles. The monoisotopic (exact) mass is 203 g/mol. The lowest BCUT2D eigenvalue weighted by molar-refractivity contribution is -0.147. The van der Waals surface area contributed by atoms with E-state index in [1.54, 1.807) is 7.11 Å². The van der Waals surface area contributed by atoms with Gasteiger partial charge in [0.05, 0.1) is 12.5 Å². The Bertz CT molecular complexity index is 150. The van der Waals surface area contributed by atoms with E-state index in [-0.39, 0.29) is 11.9 Å². The van der Waals surface area contributed by atoms with Gasteiger partial charge in [0.2, 0.25) is 0 Å². The van der Waals surface area contributed by atoms with Crippen LogP contribution in [0.25, 0.3) is 0 Å². The molecule has 0 aromatic heterocycles. The van der Waals surface area contributed by atoms with Crippen molar-refractivity contribution in [2.75, 3.05) is 33.4 Å². The molecule has 1 atom stereocenters. The molecule has 4 nitrogen and oxygen atoms in total. The highest BCUT2D eigenvalue weighted by Crippen LogP contribution is 1.96. The maximum Gasteiger partial charge on any atom is 0.309 e. The SMILES string of the molecule is CCOC(=O)C(C)CNCCCOC. The quantitative estimate of drug-likeness (QED) is 0.468. The van der Waals surface area contributed by atoms with Crippen molar-refractivity contribution in [1.29, 1.82) is 0 Å². The number of esters is 1. The molecule has 0 aliphatic rings. The number of ether oxygens (including phenoxy) is 2. The van der Waals surface area contributed by atoms with Crippen molar-refractivity contribution in [3.63, 3.8) is 0 Å². The Labute approximate surface area is 86.0 Å². The second-order valence-corrected chi connectivity index (χ2v) is 3.20. The van der Waals surface area contributed by atoms with Gasteiger partial charge in [-0.1, -0.05) is 6.92 Å². The van der Waals surface area contributed by atoms with Crippen LogP contribution in [0.5, 0.6) is 0 Å². The van der Waals surface area contributed by atoms with Gasteiger partial charge < -0.3 is 14.8 Å². The zero-order chi connectivity index (χ0) is 10.8. The summed E-state index contributed by atoms with van der Waals surface area (Å²) in [6.45, 7) is 6.42. The summed E-state index contributed by atoms with van der Waals surface area (Å²) in [5.74, 6) is -0.204. The second-order valence-electron chi connectivity index (χ2n) is 3.20. The first-order chi connectivity index (χ1) is 6.72. The summed E-state index contributed by atoms with van der Waals surface area (Å²) < 4.78 is 9.78. The summed E-state index contributed by atoms with van der Waals surface area (Å²) in [5, 5.41) is 3.18. The van der Waals surface area contributed by atoms with E-state index >= 15 is 0 Å². The van der Waals surface area contributed by atoms with Crippen LogP contribution < -0.4 is 5.32 Å². The van der Waals surface area contributed by atoms with E-state index < -0.39 is 0 Å². The molecule has 0 spiro atoms. The van der Waals surface area contributed by atoms with Crippen LogP contribution >= 0.6 is 0 Å². The molecule has 0 rings (SSSR count). The molecule has 4 heteroatoms. The van der Waals surface area contributed by atoms with Crippen molar-refractivity contribution in [3.8, 4) is 0 Å². The van der Waals surface area contributed by atoms with E-state index in [1.807, 2.05) is 13.8 Å². The van der Waals surface area contributed by atoms with Gasteiger partial charge in [0.1, 0.15) is 0 Å². The van der Waals surface area contributed by atoms with Gasteiger partial charge in [0, 0.05) is 20.3 Å². The van der Waals surface area contributed by atoms with Crippen LogP contribution in [0.1, 0.15) is 20.3 Å². The van der Waals surface area contributed by atoms with Crippen LogP contribution in [-0.4, -0.2) is 39.4 Å². The van der Waals surface area contributed by atoms with Crippen molar-refractivity contribution in [2.24, 2.45) is 5.92 Å². The standard InChI is InChI=1S/C10H21NO3/c1-4-14-10(12)9(2)8-11-6-5-7-13-3/h9,11H,4-8H2,1-3H3. The van der Waals surface area contributed by atoms with E-state index in [0.717, 1.165) is 19.6 Å². The molecule has 1 N–H and O–H groups in total. The number of hydrogen-bond donors (Lipinski definition) is 1. The molecule has 84 valence electrons. The minimum Gasteiger partial charge on any atom is -0.466 e. The first kappa shape index (κ1) is 13.4. The highest BCUT2D eigenvalue weighted by atomic mass is 16.5. The molecule has 0 aliphatic carbocycles. The third-order valence-electron chi connectivity index (χ3n) is 1.84. The lowest BCUT2D eigenvalue weighted by Crippen LogP contribution is -2.28. The van der Waals surface area contributed by atoms with Gasteiger partial charge in [-0.15, -0.1) is 0 Å². The zero-order valence-electron chi connectivity index (χ0n) is 9.34. The second kappa shape index (κ2) is 8.97. The Morgan fingerprint density at radius 1 is 1.50 bits per heavy atom. The lowest BCUT2D eigenvalue weighted by Gasteiger charge is -2.11. The van der Waals surface area contributed by atoms with Crippen molar-refractivity contribution in [2.45, 2.75) is 20.3 Å². The van der Waals surface area contributed by atoms with Gasteiger partial charge in [-0.05, 0) is 19.9 Å². The maximum absolute atomic E-state index is 11.2. The minimum absolute atomic E-state index is 0.0718. The average molecular weight is 203 g/mol. The number of methoxy groups -OCH3 is 1. The summed E-state index contributed by atoms with van der Waals surface area (Å²) >= 11 is 0. The molecule has 0 saturated carbocycles. The Balaban J connectivity index is 3.34. The van der Waals surface area contributed by atoms with Crippen LogP contribution in [0.15, 0.2) is 0 Å². The van der Waals surface area contributed by atoms with Crippen LogP contribution in [-0.2, 0) is 14.3 Å². The summed E-state index contributed by atoms with van der Waals surface area (Å²) in [4.78, 5) is 11.2. The summed E-state index contributed by atoms with van der Waals surface area (Å²) in [6.07, 6.45) is 0.964. The van der Waals surface area contributed by atoms with Crippen molar-refractivity contribution >= 4 is 5.97 Å². The normalized spacial score (nSPS) is 12.5. The Kier molecular flexibility index (Phi) is 8.57. The highest BCUT2D eigenvalue weighted by Gasteiger charge is 2.12. The molecule has 1 unspecified atom stereocenters. The largest absolute Gasteiger partial charge is 0.466 e. The summed E-state index contributed by atoms with van der Waals surface area (Å²) in [6, 6.07) is 0. The molecule has 0 aliphatic heterocycles. The first-order valence-corrected chi connectivity index (χ1v) is 5.08. The molecule has 0 aromatic carbocycles. The van der Waals surface area contributed by atoms with Crippen LogP contribution in [0.4, 0.5) is 0 Å². The number of rotatable bonds is 8. The molecule has 0 radical (unpaired) electrons. The molecule has 0 bridgehead atoms. The van der Waals surface area contributed by atoms with Crippen LogP contribution in [0, 0.1) is 5.92 Å². The van der Waals surface area contributed by atoms with Gasteiger partial charge in [0.25, 0.3) is 0 Å². The van der Waals surface area contributed by atoms with Gasteiger partial charge in [-0.3, -0.25) is 4.79 Å². The Hall–Kier alpha value is -0.610. The summed E-state index contributed by atoms with van der Waals surface area (Å²) in [5.41, 5.74) is 0. The topological polar surface area (TPSA) is 47.6 Å². The smallest absolute Gasteiger partial charge is 0.309 e. The Morgan fingerprint density at radius 3 is 2.79 bits per heavy atom. The average Bonchev–Trinajstić information content (AvgIpc) is 2.17. The third-order valence-corrected chi connectivity index (χ3v) is 1.84. The number of carbonyl (C=O) groups is 1. The highest BCUT2D eigenvalue weighted by molar-refractivity contribution is 5.72. The fraction of sp³-hybridized carbons (Fsp3) is 0.900. The van der Waals surface area contributed by atoms with Crippen molar-refractivity contribution in [1.82, 2.24) is 5.32 Å². The molecule has 0 amide bonds. The third kappa shape index (κ3) is 6.86. The van der Waals surface area contributed by atoms with E-state index in [0.29, 0.717) is 13.2 Å². The number of nitrogens with one attached hydrogen (secondary N) is 1.